The van der Waals surface area contributed by atoms with E-state index in [0.717, 1.165) is 28.2 Å². The van der Waals surface area contributed by atoms with E-state index in [1.165, 1.54) is 19.3 Å². The molecule has 1 fully saturated rings. The number of carbonyl (C=O) groups excluding carboxylic acids is 2. The highest BCUT2D eigenvalue weighted by Gasteiger charge is 2.23. The second-order valence-electron chi connectivity index (χ2n) is 9.04. The minimum atomic E-state index is -0.728. The van der Waals surface area contributed by atoms with Crippen molar-refractivity contribution in [2.45, 2.75) is 77.5 Å². The lowest BCUT2D eigenvalue weighted by Gasteiger charge is -2.22. The van der Waals surface area contributed by atoms with Crippen molar-refractivity contribution in [1.29, 1.82) is 0 Å². The maximum Gasteiger partial charge on any atom is 0.328 e. The van der Waals surface area contributed by atoms with Gasteiger partial charge in [0.05, 0.1) is 6.04 Å². The summed E-state index contributed by atoms with van der Waals surface area (Å²) in [5, 5.41) is 8.16. The Morgan fingerprint density at radius 2 is 1.84 bits per heavy atom. The van der Waals surface area contributed by atoms with Crippen molar-refractivity contribution < 1.29 is 14.3 Å². The van der Waals surface area contributed by atoms with Crippen LogP contribution in [-0.2, 0) is 16.6 Å². The van der Waals surface area contributed by atoms with E-state index in [4.69, 9.17) is 9.73 Å². The Morgan fingerprint density at radius 3 is 2.45 bits per heavy atom. The fourth-order valence-electron chi connectivity index (χ4n) is 3.44. The van der Waals surface area contributed by atoms with E-state index in [-0.39, 0.29) is 5.91 Å². The molecule has 1 atom stereocenters. The topological polar surface area (TPSA) is 85.6 Å². The largest absolute Gasteiger partial charge is 0.458 e. The molecule has 0 spiro atoms. The highest BCUT2D eigenvalue weighted by atomic mass is 32.1. The van der Waals surface area contributed by atoms with E-state index in [2.05, 4.69) is 10.4 Å². The minimum absolute atomic E-state index is 0.317. The molecule has 1 amide bonds. The molecule has 168 valence electrons. The van der Waals surface area contributed by atoms with Gasteiger partial charge in [-0.25, -0.2) is 9.48 Å². The van der Waals surface area contributed by atoms with E-state index >= 15 is 0 Å². The predicted molar refractivity (Wildman–Crippen MR) is 122 cm³/mol. The van der Waals surface area contributed by atoms with Gasteiger partial charge in [0, 0.05) is 18.2 Å². The Kier molecular flexibility index (Phi) is 7.30. The maximum absolute atomic E-state index is 12.5. The second kappa shape index (κ2) is 9.77. The summed E-state index contributed by atoms with van der Waals surface area (Å²) < 4.78 is 7.14. The van der Waals surface area contributed by atoms with Crippen LogP contribution in [0.1, 0.15) is 70.2 Å². The minimum Gasteiger partial charge on any atom is -0.458 e. The number of amides is 1. The summed E-state index contributed by atoms with van der Waals surface area (Å²) in [5.41, 5.74) is 0.818. The molecule has 7 nitrogen and oxygen atoms in total. The van der Waals surface area contributed by atoms with Crippen molar-refractivity contribution in [2.75, 3.05) is 0 Å². The van der Waals surface area contributed by atoms with Gasteiger partial charge >= 0.3 is 5.97 Å². The average Bonchev–Trinajstić information content (AvgIpc) is 3.08. The number of hydrogen-bond acceptors (Lipinski definition) is 6. The summed E-state index contributed by atoms with van der Waals surface area (Å²) in [6, 6.07) is 6.89. The number of benzene rings is 1. The van der Waals surface area contributed by atoms with Crippen molar-refractivity contribution in [3.63, 3.8) is 0 Å². The molecule has 1 N–H and O–H groups in total. The van der Waals surface area contributed by atoms with Gasteiger partial charge in [-0.05, 0) is 52.7 Å². The van der Waals surface area contributed by atoms with Gasteiger partial charge in [0.15, 0.2) is 0 Å². The van der Waals surface area contributed by atoms with Gasteiger partial charge in [-0.15, -0.1) is 0 Å². The number of aromatic nitrogens is 2. The van der Waals surface area contributed by atoms with Crippen molar-refractivity contribution in [3.05, 3.63) is 34.6 Å². The lowest BCUT2D eigenvalue weighted by atomic mass is 9.96. The van der Waals surface area contributed by atoms with Gasteiger partial charge in [-0.2, -0.15) is 5.10 Å². The fraction of sp³-hybridized carbons (Fsp3) is 0.565. The van der Waals surface area contributed by atoms with Gasteiger partial charge in [0.2, 0.25) is 4.80 Å². The first-order valence-corrected chi connectivity index (χ1v) is 11.7. The molecular weight excluding hydrogens is 412 g/mol. The number of esters is 1. The first-order chi connectivity index (χ1) is 14.6. The lowest BCUT2D eigenvalue weighted by Crippen LogP contribution is -2.42. The van der Waals surface area contributed by atoms with Crippen LogP contribution < -0.4 is 10.1 Å². The third-order valence-corrected chi connectivity index (χ3v) is 6.14. The molecule has 0 radical (unpaired) electrons. The summed E-state index contributed by atoms with van der Waals surface area (Å²) in [4.78, 5) is 30.4. The maximum atomic E-state index is 12.5. The van der Waals surface area contributed by atoms with Crippen molar-refractivity contribution >= 4 is 23.2 Å². The number of nitrogens with one attached hydrogen (secondary N) is 1. The van der Waals surface area contributed by atoms with Crippen LogP contribution in [-0.4, -0.2) is 39.3 Å². The molecular formula is C23H32N4O3S. The third kappa shape index (κ3) is 6.50. The number of hydrogen-bond donors (Lipinski definition) is 1. The summed E-state index contributed by atoms with van der Waals surface area (Å²) in [6.07, 6.45) is 6.11. The first kappa shape index (κ1) is 23.2. The van der Waals surface area contributed by atoms with E-state index in [1.807, 2.05) is 23.9 Å². The monoisotopic (exact) mass is 444 g/mol. The molecule has 0 aliphatic heterocycles. The van der Waals surface area contributed by atoms with E-state index in [9.17, 15) is 9.59 Å². The zero-order chi connectivity index (χ0) is 22.6. The summed E-state index contributed by atoms with van der Waals surface area (Å²) in [6.45, 7) is 7.01. The van der Waals surface area contributed by atoms with Crippen LogP contribution in [0.4, 0.5) is 0 Å². The molecule has 1 aromatic heterocycles. The standard InChI is InChI=1S/C23H32N4O3S/c1-15(21(29)30-23(2,3)4)24-19(28)16-11-13-17(14-12-16)20-26-27(5)22(31-20)25-18-9-7-6-8-10-18/h11-15,18H,6-10H2,1-5H3,(H,24,28). The predicted octanol–water partition coefficient (Wildman–Crippen LogP) is 3.84. The van der Waals surface area contributed by atoms with Crippen LogP contribution in [0.2, 0.25) is 0 Å². The van der Waals surface area contributed by atoms with Gasteiger partial charge in [0.25, 0.3) is 5.91 Å². The number of rotatable bonds is 5. The molecule has 0 bridgehead atoms. The van der Waals surface area contributed by atoms with Crippen LogP contribution >= 0.6 is 11.3 Å². The van der Waals surface area contributed by atoms with Crippen LogP contribution in [0.25, 0.3) is 10.6 Å². The Labute approximate surface area is 187 Å². The third-order valence-electron chi connectivity index (χ3n) is 5.08. The van der Waals surface area contributed by atoms with Gasteiger partial charge in [0.1, 0.15) is 16.7 Å². The first-order valence-electron chi connectivity index (χ1n) is 10.8. The molecule has 1 saturated carbocycles. The zero-order valence-corrected chi connectivity index (χ0v) is 19.8. The number of ether oxygens (including phenoxy) is 1. The van der Waals surface area contributed by atoms with E-state index < -0.39 is 17.6 Å². The molecule has 1 aliphatic rings. The summed E-state index contributed by atoms with van der Waals surface area (Å²) in [7, 11) is 1.92. The smallest absolute Gasteiger partial charge is 0.328 e. The fourth-order valence-corrected chi connectivity index (χ4v) is 4.40. The number of aryl methyl sites for hydroxylation is 1. The van der Waals surface area contributed by atoms with Crippen LogP contribution in [0.5, 0.6) is 0 Å². The molecule has 0 saturated heterocycles. The molecule has 2 aromatic rings. The summed E-state index contributed by atoms with van der Waals surface area (Å²) >= 11 is 1.56. The Hall–Kier alpha value is -2.48. The highest BCUT2D eigenvalue weighted by molar-refractivity contribution is 7.12. The Bertz CT molecular complexity index is 979. The highest BCUT2D eigenvalue weighted by Crippen LogP contribution is 2.22. The number of carbonyl (C=O) groups is 2. The molecule has 3 rings (SSSR count). The van der Waals surface area contributed by atoms with Crippen LogP contribution in [0.3, 0.4) is 0 Å². The van der Waals surface area contributed by atoms with Gasteiger partial charge in [-0.1, -0.05) is 42.7 Å². The molecule has 1 aromatic carbocycles. The molecule has 31 heavy (non-hydrogen) atoms. The van der Waals surface area contributed by atoms with Crippen molar-refractivity contribution in [2.24, 2.45) is 12.0 Å². The molecule has 1 aliphatic carbocycles. The molecule has 8 heteroatoms. The van der Waals surface area contributed by atoms with Crippen LogP contribution in [0.15, 0.2) is 29.3 Å². The van der Waals surface area contributed by atoms with Gasteiger partial charge < -0.3 is 10.1 Å². The van der Waals surface area contributed by atoms with E-state index in [1.54, 1.807) is 51.2 Å². The van der Waals surface area contributed by atoms with Crippen LogP contribution in [0, 0.1) is 0 Å². The molecule has 1 heterocycles. The lowest BCUT2D eigenvalue weighted by molar-refractivity contribution is -0.156. The quantitative estimate of drug-likeness (QED) is 0.710. The zero-order valence-electron chi connectivity index (χ0n) is 19.0. The van der Waals surface area contributed by atoms with E-state index in [0.29, 0.717) is 11.6 Å². The van der Waals surface area contributed by atoms with Gasteiger partial charge in [-0.3, -0.25) is 9.79 Å². The van der Waals surface area contributed by atoms with Crippen molar-refractivity contribution in [1.82, 2.24) is 15.1 Å². The Morgan fingerprint density at radius 1 is 1.19 bits per heavy atom. The Balaban J connectivity index is 1.67. The SMILES string of the molecule is CC(NC(=O)c1ccc(-c2nn(C)c(=NC3CCCCC3)s2)cc1)C(=O)OC(C)(C)C. The average molecular weight is 445 g/mol. The van der Waals surface area contributed by atoms with Crippen molar-refractivity contribution in [3.8, 4) is 10.6 Å². The normalized spacial score (nSPS) is 16.7. The number of nitrogens with zero attached hydrogens (tertiary/aromatic N) is 3. The second-order valence-corrected chi connectivity index (χ2v) is 10.00. The summed E-state index contributed by atoms with van der Waals surface area (Å²) in [5.74, 6) is -0.774. The molecule has 1 unspecified atom stereocenters.